The average Bonchev–Trinajstić information content (AvgIpc) is 2.98. The zero-order chi connectivity index (χ0) is 17.9. The van der Waals surface area contributed by atoms with Crippen LogP contribution < -0.4 is 11.1 Å². The first kappa shape index (κ1) is 20.5. The van der Waals surface area contributed by atoms with Crippen LogP contribution in [-0.2, 0) is 25.9 Å². The van der Waals surface area contributed by atoms with Crippen LogP contribution in [0.25, 0.3) is 0 Å². The first-order chi connectivity index (χ1) is 11.9. The number of rotatable bonds is 4. The number of imidazole rings is 1. The summed E-state index contributed by atoms with van der Waals surface area (Å²) in [5.74, 6) is 0.387. The Hall–Kier alpha value is -1.78. The molecule has 0 atom stereocenters. The summed E-state index contributed by atoms with van der Waals surface area (Å²) in [4.78, 5) is 8.06. The van der Waals surface area contributed by atoms with Gasteiger partial charge in [-0.2, -0.15) is 13.2 Å². The van der Waals surface area contributed by atoms with E-state index in [0.29, 0.717) is 0 Å². The van der Waals surface area contributed by atoms with Crippen molar-refractivity contribution in [3.63, 3.8) is 0 Å². The fourth-order valence-corrected chi connectivity index (χ4v) is 3.06. The van der Waals surface area contributed by atoms with Gasteiger partial charge in [-0.1, -0.05) is 12.1 Å². The van der Waals surface area contributed by atoms with E-state index in [9.17, 15) is 13.2 Å². The Labute approximate surface area is 166 Å². The number of alkyl halides is 3. The average molecular weight is 479 g/mol. The largest absolute Gasteiger partial charge is 0.406 e. The predicted molar refractivity (Wildman–Crippen MR) is 106 cm³/mol. The van der Waals surface area contributed by atoms with Crippen LogP contribution in [0.15, 0.2) is 35.6 Å². The molecule has 5 nitrogen and oxygen atoms in total. The Morgan fingerprint density at radius 2 is 2.04 bits per heavy atom. The highest BCUT2D eigenvalue weighted by Gasteiger charge is 2.28. The zero-order valence-electron chi connectivity index (χ0n) is 14.1. The number of aromatic nitrogens is 2. The second kappa shape index (κ2) is 8.74. The van der Waals surface area contributed by atoms with Gasteiger partial charge in [0.25, 0.3) is 0 Å². The van der Waals surface area contributed by atoms with Crippen LogP contribution in [0.1, 0.15) is 29.8 Å². The minimum atomic E-state index is -4.30. The molecule has 0 fully saturated rings. The molecule has 1 aromatic heterocycles. The van der Waals surface area contributed by atoms with Crippen LogP contribution in [0.4, 0.5) is 18.9 Å². The number of aryl methyl sites for hydroxylation is 1. The number of guanidine groups is 1. The SMILES string of the molecule is I.NC(=NCc1nccn1CC(F)(F)F)Nc1cccc2c1CCCC2. The van der Waals surface area contributed by atoms with Gasteiger partial charge in [-0.3, -0.25) is 0 Å². The molecule has 1 aliphatic carbocycles. The lowest BCUT2D eigenvalue weighted by molar-refractivity contribution is -0.141. The van der Waals surface area contributed by atoms with Crippen molar-refractivity contribution in [1.82, 2.24) is 9.55 Å². The van der Waals surface area contributed by atoms with Gasteiger partial charge >= 0.3 is 6.18 Å². The number of nitrogens with one attached hydrogen (secondary N) is 1. The molecule has 0 saturated carbocycles. The van der Waals surface area contributed by atoms with Crippen LogP contribution in [0.5, 0.6) is 0 Å². The predicted octanol–water partition coefficient (Wildman–Crippen LogP) is 3.87. The van der Waals surface area contributed by atoms with Gasteiger partial charge in [-0.05, 0) is 42.9 Å². The van der Waals surface area contributed by atoms with Gasteiger partial charge in [0, 0.05) is 18.1 Å². The maximum Gasteiger partial charge on any atom is 0.406 e. The Morgan fingerprint density at radius 1 is 1.27 bits per heavy atom. The summed E-state index contributed by atoms with van der Waals surface area (Å²) in [6.07, 6.45) is 2.67. The summed E-state index contributed by atoms with van der Waals surface area (Å²) < 4.78 is 38.6. The number of fused-ring (bicyclic) bond motifs is 1. The highest BCUT2D eigenvalue weighted by Crippen LogP contribution is 2.27. The fraction of sp³-hybridized carbons (Fsp3) is 0.412. The van der Waals surface area contributed by atoms with Crippen molar-refractivity contribution in [2.45, 2.75) is 44.9 Å². The van der Waals surface area contributed by atoms with Crippen molar-refractivity contribution in [3.05, 3.63) is 47.5 Å². The van der Waals surface area contributed by atoms with E-state index in [-0.39, 0.29) is 42.3 Å². The lowest BCUT2D eigenvalue weighted by atomic mass is 9.90. The van der Waals surface area contributed by atoms with E-state index in [1.165, 1.54) is 29.9 Å². The molecule has 1 aliphatic rings. The maximum absolute atomic E-state index is 12.5. The number of nitrogens with two attached hydrogens (primary N) is 1. The molecule has 0 unspecified atom stereocenters. The van der Waals surface area contributed by atoms with Crippen LogP contribution in [0.2, 0.25) is 0 Å². The quantitative estimate of drug-likeness (QED) is 0.398. The van der Waals surface area contributed by atoms with Gasteiger partial charge in [-0.15, -0.1) is 24.0 Å². The van der Waals surface area contributed by atoms with Crippen LogP contribution in [-0.4, -0.2) is 21.7 Å². The van der Waals surface area contributed by atoms with Crippen molar-refractivity contribution in [1.29, 1.82) is 0 Å². The second-order valence-corrected chi connectivity index (χ2v) is 6.06. The van der Waals surface area contributed by atoms with Crippen molar-refractivity contribution >= 4 is 35.6 Å². The highest BCUT2D eigenvalue weighted by molar-refractivity contribution is 14.0. The van der Waals surface area contributed by atoms with Crippen molar-refractivity contribution in [3.8, 4) is 0 Å². The topological polar surface area (TPSA) is 68.2 Å². The lowest BCUT2D eigenvalue weighted by Crippen LogP contribution is -2.24. The molecule has 0 aliphatic heterocycles. The molecule has 1 aromatic carbocycles. The van der Waals surface area contributed by atoms with Gasteiger partial charge in [-0.25, -0.2) is 9.98 Å². The van der Waals surface area contributed by atoms with Crippen molar-refractivity contribution in [2.75, 3.05) is 5.32 Å². The summed E-state index contributed by atoms with van der Waals surface area (Å²) in [5.41, 5.74) is 9.38. The second-order valence-electron chi connectivity index (χ2n) is 6.06. The summed E-state index contributed by atoms with van der Waals surface area (Å²) >= 11 is 0. The van der Waals surface area contributed by atoms with Gasteiger partial charge in [0.15, 0.2) is 5.96 Å². The van der Waals surface area contributed by atoms with E-state index >= 15 is 0 Å². The summed E-state index contributed by atoms with van der Waals surface area (Å²) in [5, 5.41) is 3.07. The highest BCUT2D eigenvalue weighted by atomic mass is 127. The van der Waals surface area contributed by atoms with Gasteiger partial charge in [0.05, 0.1) is 0 Å². The zero-order valence-corrected chi connectivity index (χ0v) is 16.4. The molecular weight excluding hydrogens is 458 g/mol. The maximum atomic E-state index is 12.5. The molecule has 1 heterocycles. The molecule has 0 amide bonds. The summed E-state index contributed by atoms with van der Waals surface area (Å²) in [7, 11) is 0. The molecule has 3 N–H and O–H groups in total. The monoisotopic (exact) mass is 479 g/mol. The number of hydrogen-bond donors (Lipinski definition) is 2. The number of aliphatic imine (C=N–C) groups is 1. The van der Waals surface area contributed by atoms with Crippen molar-refractivity contribution in [2.24, 2.45) is 10.7 Å². The Balaban J connectivity index is 0.00000243. The van der Waals surface area contributed by atoms with Gasteiger partial charge < -0.3 is 15.6 Å². The smallest absolute Gasteiger partial charge is 0.370 e. The molecule has 26 heavy (non-hydrogen) atoms. The lowest BCUT2D eigenvalue weighted by Gasteiger charge is -2.19. The van der Waals surface area contributed by atoms with Crippen LogP contribution >= 0.6 is 24.0 Å². The third-order valence-corrected chi connectivity index (χ3v) is 4.20. The minimum Gasteiger partial charge on any atom is -0.370 e. The van der Waals surface area contributed by atoms with Gasteiger partial charge in [0.1, 0.15) is 18.9 Å². The Kier molecular flexibility index (Phi) is 6.90. The number of halogens is 4. The molecule has 0 saturated heterocycles. The van der Waals surface area contributed by atoms with E-state index in [0.717, 1.165) is 29.5 Å². The minimum absolute atomic E-state index is 0. The summed E-state index contributed by atoms with van der Waals surface area (Å²) in [6, 6.07) is 6.02. The van der Waals surface area contributed by atoms with Crippen LogP contribution in [0.3, 0.4) is 0 Å². The summed E-state index contributed by atoms with van der Waals surface area (Å²) in [6.45, 7) is -1.10. The molecule has 2 aromatic rings. The van der Waals surface area contributed by atoms with Crippen LogP contribution in [0, 0.1) is 0 Å². The molecule has 0 spiro atoms. The number of hydrogen-bond acceptors (Lipinski definition) is 2. The van der Waals surface area contributed by atoms with Gasteiger partial charge in [0.2, 0.25) is 0 Å². The number of nitrogens with zero attached hydrogens (tertiary/aromatic N) is 3. The van der Waals surface area contributed by atoms with E-state index in [2.05, 4.69) is 21.4 Å². The molecule has 3 rings (SSSR count). The number of benzene rings is 1. The van der Waals surface area contributed by atoms with E-state index in [1.807, 2.05) is 12.1 Å². The molecule has 0 bridgehead atoms. The standard InChI is InChI=1S/C17H20F3N5.HI/c18-17(19,20)11-25-9-8-22-15(25)10-23-16(21)24-14-7-3-5-12-4-1-2-6-13(12)14;/h3,5,7-9H,1-2,4,6,10-11H2,(H3,21,23,24);1H. The molecule has 9 heteroatoms. The first-order valence-corrected chi connectivity index (χ1v) is 8.17. The first-order valence-electron chi connectivity index (χ1n) is 8.17. The fourth-order valence-electron chi connectivity index (χ4n) is 3.06. The Bertz CT molecular complexity index is 770. The molecule has 0 radical (unpaired) electrons. The van der Waals surface area contributed by atoms with E-state index in [4.69, 9.17) is 5.73 Å². The third-order valence-electron chi connectivity index (χ3n) is 4.20. The van der Waals surface area contributed by atoms with E-state index < -0.39 is 12.7 Å². The van der Waals surface area contributed by atoms with Crippen molar-refractivity contribution < 1.29 is 13.2 Å². The molecule has 142 valence electrons. The normalized spacial score (nSPS) is 14.5. The van der Waals surface area contributed by atoms with E-state index in [1.54, 1.807) is 0 Å². The molecular formula is C17H21F3IN5. The number of anilines is 1. The third kappa shape index (κ3) is 5.36. The Morgan fingerprint density at radius 3 is 2.81 bits per heavy atom.